The Bertz CT molecular complexity index is 1260. The van der Waals surface area contributed by atoms with E-state index in [1.165, 1.54) is 24.3 Å². The van der Waals surface area contributed by atoms with Crippen LogP contribution in [0.1, 0.15) is 11.4 Å². The average molecular weight is 511 g/mol. The fourth-order valence-corrected chi connectivity index (χ4v) is 4.86. The number of nitrogens with zero attached hydrogens (tertiary/aromatic N) is 2. The zero-order valence-electron chi connectivity index (χ0n) is 19.9. The van der Waals surface area contributed by atoms with Gasteiger partial charge >= 0.3 is 6.18 Å². The summed E-state index contributed by atoms with van der Waals surface area (Å²) >= 11 is 0. The number of ether oxygens (including phenoxy) is 1. The fourth-order valence-electron chi connectivity index (χ4n) is 3.48. The molecule has 0 bridgehead atoms. The van der Waals surface area contributed by atoms with Gasteiger partial charge in [0.1, 0.15) is 6.73 Å². The second-order valence-electron chi connectivity index (χ2n) is 9.57. The summed E-state index contributed by atoms with van der Waals surface area (Å²) < 4.78 is 72.6. The number of rotatable bonds is 8. The monoisotopic (exact) mass is 510 g/mol. The van der Waals surface area contributed by atoms with Crippen LogP contribution in [0.3, 0.4) is 0 Å². The van der Waals surface area contributed by atoms with Crippen molar-refractivity contribution in [2.24, 2.45) is 0 Å². The Kier molecular flexibility index (Phi) is 7.45. The molecule has 0 fully saturated rings. The maximum atomic E-state index is 14.1. The normalized spacial score (nSPS) is 12.8. The summed E-state index contributed by atoms with van der Waals surface area (Å²) in [5, 5.41) is 0. The molecule has 184 valence electrons. The van der Waals surface area contributed by atoms with Crippen molar-refractivity contribution >= 4 is 17.9 Å². The van der Waals surface area contributed by atoms with Crippen LogP contribution in [0.15, 0.2) is 53.4 Å². The van der Waals surface area contributed by atoms with Crippen molar-refractivity contribution in [2.75, 3.05) is 12.9 Å². The number of halogens is 3. The lowest BCUT2D eigenvalue weighted by atomic mass is 10.0. The summed E-state index contributed by atoms with van der Waals surface area (Å²) in [6.45, 7) is 8.44. The molecule has 1 heterocycles. The molecule has 34 heavy (non-hydrogen) atoms. The SMILES string of the molecule is Cc1cccc(-c2c(-c3ccc(S(C)(=O)=O)cc3)nc(C(F)(F)F)n2COCC[Si](C)(C)C)c1. The van der Waals surface area contributed by atoms with Crippen LogP contribution >= 0.6 is 0 Å². The molecule has 0 amide bonds. The van der Waals surface area contributed by atoms with E-state index in [4.69, 9.17) is 4.74 Å². The minimum atomic E-state index is -4.70. The van der Waals surface area contributed by atoms with Crippen LogP contribution in [-0.4, -0.2) is 38.9 Å². The van der Waals surface area contributed by atoms with Gasteiger partial charge in [0.2, 0.25) is 5.82 Å². The summed E-state index contributed by atoms with van der Waals surface area (Å²) in [5.74, 6) is -1.06. The van der Waals surface area contributed by atoms with Gasteiger partial charge < -0.3 is 4.74 Å². The van der Waals surface area contributed by atoms with Gasteiger partial charge in [-0.1, -0.05) is 55.5 Å². The maximum Gasteiger partial charge on any atom is 0.449 e. The minimum absolute atomic E-state index is 0.0820. The molecule has 2 aromatic carbocycles. The smallest absolute Gasteiger partial charge is 0.361 e. The number of benzene rings is 2. The minimum Gasteiger partial charge on any atom is -0.361 e. The molecule has 3 rings (SSSR count). The van der Waals surface area contributed by atoms with E-state index < -0.39 is 29.9 Å². The van der Waals surface area contributed by atoms with Gasteiger partial charge in [0.25, 0.3) is 0 Å². The van der Waals surface area contributed by atoms with Gasteiger partial charge in [0.05, 0.1) is 16.3 Å². The van der Waals surface area contributed by atoms with Crippen LogP contribution in [0.2, 0.25) is 25.7 Å². The molecule has 10 heteroatoms. The maximum absolute atomic E-state index is 14.1. The highest BCUT2D eigenvalue weighted by Crippen LogP contribution is 2.39. The summed E-state index contributed by atoms with van der Waals surface area (Å²) in [5.41, 5.74) is 2.23. The number of sulfone groups is 1. The van der Waals surface area contributed by atoms with Crippen molar-refractivity contribution < 1.29 is 26.3 Å². The molecule has 3 aromatic rings. The molecule has 5 nitrogen and oxygen atoms in total. The van der Waals surface area contributed by atoms with Crippen molar-refractivity contribution in [1.29, 1.82) is 0 Å². The third kappa shape index (κ3) is 6.37. The largest absolute Gasteiger partial charge is 0.449 e. The molecule has 0 spiro atoms. The second kappa shape index (κ2) is 9.67. The molecular formula is C24H29F3N2O3SSi. The van der Waals surface area contributed by atoms with E-state index in [9.17, 15) is 21.6 Å². The van der Waals surface area contributed by atoms with Gasteiger partial charge in [0, 0.05) is 32.1 Å². The zero-order chi connectivity index (χ0) is 25.3. The third-order valence-corrected chi connectivity index (χ3v) is 8.12. The third-order valence-electron chi connectivity index (χ3n) is 5.29. The van der Waals surface area contributed by atoms with E-state index in [1.807, 2.05) is 13.0 Å². The number of hydrogen-bond acceptors (Lipinski definition) is 4. The molecule has 0 saturated heterocycles. The van der Waals surface area contributed by atoms with Crippen LogP contribution in [-0.2, 0) is 27.5 Å². The van der Waals surface area contributed by atoms with Crippen molar-refractivity contribution in [3.63, 3.8) is 0 Å². The van der Waals surface area contributed by atoms with Crippen molar-refractivity contribution in [2.45, 2.75) is 50.4 Å². The summed E-state index contributed by atoms with van der Waals surface area (Å²) in [6.07, 6.45) is -3.62. The molecule has 0 aliphatic heterocycles. The average Bonchev–Trinajstić information content (AvgIpc) is 3.10. The fraction of sp³-hybridized carbons (Fsp3) is 0.375. The van der Waals surface area contributed by atoms with Crippen molar-refractivity contribution in [3.05, 3.63) is 59.9 Å². The molecule has 0 aliphatic carbocycles. The first-order valence-electron chi connectivity index (χ1n) is 10.8. The van der Waals surface area contributed by atoms with Gasteiger partial charge in [-0.25, -0.2) is 13.4 Å². The molecule has 0 aliphatic rings. The quantitative estimate of drug-likeness (QED) is 0.265. The first-order chi connectivity index (χ1) is 15.7. The summed E-state index contributed by atoms with van der Waals surface area (Å²) in [6, 6.07) is 13.7. The Morgan fingerprint density at radius 3 is 2.21 bits per heavy atom. The van der Waals surface area contributed by atoms with Gasteiger partial charge in [-0.05, 0) is 31.2 Å². The number of alkyl halides is 3. The molecule has 1 aromatic heterocycles. The molecule has 0 N–H and O–H groups in total. The van der Waals surface area contributed by atoms with E-state index in [2.05, 4.69) is 24.6 Å². The summed E-state index contributed by atoms with van der Waals surface area (Å²) in [4.78, 5) is 4.08. The first kappa shape index (κ1) is 26.2. The summed E-state index contributed by atoms with van der Waals surface area (Å²) in [7, 11) is -4.87. The standard InChI is InChI=1S/C24H29F3N2O3SSi/c1-17-7-6-8-19(15-17)22-21(18-9-11-20(12-10-18)33(2,30)31)28-23(24(25,26)27)29(22)16-32-13-14-34(3,4)5/h6-12,15H,13-14,16H2,1-5H3. The Morgan fingerprint density at radius 2 is 1.68 bits per heavy atom. The second-order valence-corrected chi connectivity index (χ2v) is 17.2. The van der Waals surface area contributed by atoms with Crippen LogP contribution in [0, 0.1) is 6.92 Å². The van der Waals surface area contributed by atoms with E-state index in [-0.39, 0.29) is 23.0 Å². The highest BCUT2D eigenvalue weighted by atomic mass is 32.2. The molecule has 0 unspecified atom stereocenters. The number of aromatic nitrogens is 2. The lowest BCUT2D eigenvalue weighted by Gasteiger charge is -2.18. The Labute approximate surface area is 199 Å². The number of imidazole rings is 1. The topological polar surface area (TPSA) is 61.2 Å². The predicted molar refractivity (Wildman–Crippen MR) is 130 cm³/mol. The van der Waals surface area contributed by atoms with Crippen LogP contribution in [0.5, 0.6) is 0 Å². The predicted octanol–water partition coefficient (Wildman–Crippen LogP) is 6.26. The van der Waals surface area contributed by atoms with E-state index in [0.29, 0.717) is 17.7 Å². The van der Waals surface area contributed by atoms with Gasteiger partial charge in [-0.2, -0.15) is 13.2 Å². The van der Waals surface area contributed by atoms with E-state index >= 15 is 0 Å². The lowest BCUT2D eigenvalue weighted by Crippen LogP contribution is -2.23. The molecule has 0 saturated carbocycles. The molecular weight excluding hydrogens is 481 g/mol. The molecule has 0 atom stereocenters. The highest BCUT2D eigenvalue weighted by molar-refractivity contribution is 7.90. The van der Waals surface area contributed by atoms with Crippen LogP contribution in [0.25, 0.3) is 22.5 Å². The van der Waals surface area contributed by atoms with Crippen molar-refractivity contribution in [3.8, 4) is 22.5 Å². The first-order valence-corrected chi connectivity index (χ1v) is 16.4. The highest BCUT2D eigenvalue weighted by Gasteiger charge is 2.39. The number of aryl methyl sites for hydroxylation is 1. The lowest BCUT2D eigenvalue weighted by molar-refractivity contribution is -0.149. The van der Waals surface area contributed by atoms with Gasteiger partial charge in [-0.15, -0.1) is 0 Å². The van der Waals surface area contributed by atoms with Crippen molar-refractivity contribution in [1.82, 2.24) is 9.55 Å². The number of hydrogen-bond donors (Lipinski definition) is 0. The van der Waals surface area contributed by atoms with Gasteiger partial charge in [-0.3, -0.25) is 4.57 Å². The van der Waals surface area contributed by atoms with Crippen LogP contribution < -0.4 is 0 Å². The van der Waals surface area contributed by atoms with Gasteiger partial charge in [0.15, 0.2) is 9.84 Å². The zero-order valence-corrected chi connectivity index (χ0v) is 21.7. The Morgan fingerprint density at radius 1 is 1.03 bits per heavy atom. The Hall–Kier alpha value is -2.43. The van der Waals surface area contributed by atoms with E-state index in [0.717, 1.165) is 22.4 Å². The van der Waals surface area contributed by atoms with Crippen LogP contribution in [0.4, 0.5) is 13.2 Å². The Balaban J connectivity index is 2.17. The van der Waals surface area contributed by atoms with E-state index in [1.54, 1.807) is 18.2 Å². The molecule has 0 radical (unpaired) electrons.